The van der Waals surface area contributed by atoms with Gasteiger partial charge >= 0.3 is 0 Å². The van der Waals surface area contributed by atoms with E-state index in [1.165, 1.54) is 6.07 Å². The van der Waals surface area contributed by atoms with Gasteiger partial charge in [0.1, 0.15) is 0 Å². The van der Waals surface area contributed by atoms with Crippen molar-refractivity contribution < 1.29 is 4.92 Å². The molecule has 0 N–H and O–H groups in total. The number of nitro groups is 1. The van der Waals surface area contributed by atoms with Gasteiger partial charge < -0.3 is 0 Å². The molecule has 0 spiro atoms. The molecular formula is C13H17BrClNO2. The molecule has 1 aromatic carbocycles. The maximum Gasteiger partial charge on any atom is 0.274 e. The van der Waals surface area contributed by atoms with Gasteiger partial charge in [-0.05, 0) is 31.2 Å². The summed E-state index contributed by atoms with van der Waals surface area (Å²) in [5, 5.41) is 11.3. The molecule has 0 aliphatic carbocycles. The molecule has 0 radical (unpaired) electrons. The monoisotopic (exact) mass is 333 g/mol. The molecule has 3 nitrogen and oxygen atoms in total. The molecule has 5 heteroatoms. The number of hydrogen-bond acceptors (Lipinski definition) is 2. The molecule has 0 bridgehead atoms. The third-order valence-electron chi connectivity index (χ3n) is 2.70. The summed E-state index contributed by atoms with van der Waals surface area (Å²) in [4.78, 5) is 11.0. The predicted molar refractivity (Wildman–Crippen MR) is 78.6 cm³/mol. The molecule has 0 aromatic heterocycles. The van der Waals surface area contributed by atoms with Gasteiger partial charge in [0.15, 0.2) is 0 Å². The second-order valence-electron chi connectivity index (χ2n) is 4.80. The van der Waals surface area contributed by atoms with Crippen LogP contribution in [0.1, 0.15) is 32.3 Å². The Morgan fingerprint density at radius 2 is 2.11 bits per heavy atom. The molecule has 1 atom stereocenters. The molecular weight excluding hydrogens is 318 g/mol. The minimum atomic E-state index is -0.368. The second kappa shape index (κ2) is 7.10. The van der Waals surface area contributed by atoms with Gasteiger partial charge in [-0.2, -0.15) is 0 Å². The SMILES string of the molecule is CC(C)CC(Br)CCc1ccc(Cl)cc1[N+](=O)[O-]. The van der Waals surface area contributed by atoms with Crippen LogP contribution in [0.5, 0.6) is 0 Å². The topological polar surface area (TPSA) is 43.1 Å². The summed E-state index contributed by atoms with van der Waals surface area (Å²) in [6, 6.07) is 4.87. The third-order valence-corrected chi connectivity index (χ3v) is 3.76. The molecule has 0 fully saturated rings. The van der Waals surface area contributed by atoms with E-state index in [4.69, 9.17) is 11.6 Å². The van der Waals surface area contributed by atoms with Crippen LogP contribution in [0, 0.1) is 16.0 Å². The van der Waals surface area contributed by atoms with Crippen LogP contribution in [0.25, 0.3) is 0 Å². The number of alkyl halides is 1. The fourth-order valence-electron chi connectivity index (χ4n) is 1.86. The summed E-state index contributed by atoms with van der Waals surface area (Å²) in [7, 11) is 0. The predicted octanol–water partition coefficient (Wildman–Crippen LogP) is 4.99. The highest BCUT2D eigenvalue weighted by atomic mass is 79.9. The Hall–Kier alpha value is -0.610. The van der Waals surface area contributed by atoms with Gasteiger partial charge in [0.2, 0.25) is 0 Å². The molecule has 100 valence electrons. The van der Waals surface area contributed by atoms with Gasteiger partial charge in [0.05, 0.1) is 4.92 Å². The van der Waals surface area contributed by atoms with Gasteiger partial charge in [0, 0.05) is 21.5 Å². The number of benzene rings is 1. The Balaban J connectivity index is 2.70. The zero-order chi connectivity index (χ0) is 13.7. The van der Waals surface area contributed by atoms with Crippen LogP contribution in [-0.2, 0) is 6.42 Å². The fourth-order valence-corrected chi connectivity index (χ4v) is 3.00. The lowest BCUT2D eigenvalue weighted by Crippen LogP contribution is -2.05. The average Bonchev–Trinajstić information content (AvgIpc) is 2.26. The summed E-state index contributed by atoms with van der Waals surface area (Å²) >= 11 is 9.39. The Bertz CT molecular complexity index is 423. The summed E-state index contributed by atoms with van der Waals surface area (Å²) in [6.45, 7) is 4.33. The molecule has 0 saturated carbocycles. The number of rotatable bonds is 6. The van der Waals surface area contributed by atoms with Crippen LogP contribution in [-0.4, -0.2) is 9.75 Å². The molecule has 0 aliphatic rings. The largest absolute Gasteiger partial charge is 0.274 e. The van der Waals surface area contributed by atoms with E-state index in [-0.39, 0.29) is 10.6 Å². The lowest BCUT2D eigenvalue weighted by molar-refractivity contribution is -0.385. The van der Waals surface area contributed by atoms with E-state index in [0.29, 0.717) is 22.2 Å². The molecule has 0 saturated heterocycles. The number of aryl methyl sites for hydroxylation is 1. The van der Waals surface area contributed by atoms with Crippen LogP contribution in [0.15, 0.2) is 18.2 Å². The fraction of sp³-hybridized carbons (Fsp3) is 0.538. The lowest BCUT2D eigenvalue weighted by Gasteiger charge is -2.12. The molecule has 18 heavy (non-hydrogen) atoms. The first kappa shape index (κ1) is 15.4. The normalized spacial score (nSPS) is 12.7. The zero-order valence-corrected chi connectivity index (χ0v) is 12.9. The summed E-state index contributed by atoms with van der Waals surface area (Å²) in [5.74, 6) is 0.620. The van der Waals surface area contributed by atoms with Gasteiger partial charge in [-0.15, -0.1) is 0 Å². The van der Waals surface area contributed by atoms with E-state index in [0.717, 1.165) is 18.4 Å². The molecule has 0 aliphatic heterocycles. The summed E-state index contributed by atoms with van der Waals surface area (Å²) in [5.41, 5.74) is 0.865. The molecule has 1 unspecified atom stereocenters. The molecule has 1 rings (SSSR count). The van der Waals surface area contributed by atoms with E-state index in [9.17, 15) is 10.1 Å². The highest BCUT2D eigenvalue weighted by Crippen LogP contribution is 2.26. The van der Waals surface area contributed by atoms with Crippen molar-refractivity contribution in [1.82, 2.24) is 0 Å². The zero-order valence-electron chi connectivity index (χ0n) is 10.5. The smallest absolute Gasteiger partial charge is 0.258 e. The van der Waals surface area contributed by atoms with Gasteiger partial charge in [-0.1, -0.05) is 47.4 Å². The average molecular weight is 335 g/mol. The number of halogens is 2. The quantitative estimate of drug-likeness (QED) is 0.418. The molecule has 0 heterocycles. The Morgan fingerprint density at radius 3 is 2.67 bits per heavy atom. The van der Waals surface area contributed by atoms with Crippen LogP contribution in [0.2, 0.25) is 5.02 Å². The van der Waals surface area contributed by atoms with E-state index < -0.39 is 0 Å². The van der Waals surface area contributed by atoms with Crippen LogP contribution in [0.3, 0.4) is 0 Å². The van der Waals surface area contributed by atoms with E-state index >= 15 is 0 Å². The Kier molecular flexibility index (Phi) is 6.09. The summed E-state index contributed by atoms with van der Waals surface area (Å²) in [6.07, 6.45) is 2.65. The van der Waals surface area contributed by atoms with Crippen molar-refractivity contribution >= 4 is 33.2 Å². The lowest BCUT2D eigenvalue weighted by atomic mass is 10.0. The highest BCUT2D eigenvalue weighted by molar-refractivity contribution is 9.09. The van der Waals surface area contributed by atoms with Gasteiger partial charge in [-0.25, -0.2) is 0 Å². The van der Waals surface area contributed by atoms with E-state index in [2.05, 4.69) is 29.8 Å². The second-order valence-corrected chi connectivity index (χ2v) is 6.53. The third kappa shape index (κ3) is 4.94. The number of nitro benzene ring substituents is 1. The van der Waals surface area contributed by atoms with Crippen molar-refractivity contribution in [1.29, 1.82) is 0 Å². The minimum absolute atomic E-state index is 0.117. The van der Waals surface area contributed by atoms with Gasteiger partial charge in [-0.3, -0.25) is 10.1 Å². The van der Waals surface area contributed by atoms with Crippen molar-refractivity contribution in [2.45, 2.75) is 37.9 Å². The highest BCUT2D eigenvalue weighted by Gasteiger charge is 2.15. The maximum atomic E-state index is 10.9. The van der Waals surface area contributed by atoms with Gasteiger partial charge in [0.25, 0.3) is 5.69 Å². The van der Waals surface area contributed by atoms with E-state index in [1.54, 1.807) is 12.1 Å². The number of hydrogen-bond donors (Lipinski definition) is 0. The Labute approximate surface area is 121 Å². The van der Waals surface area contributed by atoms with Crippen molar-refractivity contribution in [3.8, 4) is 0 Å². The van der Waals surface area contributed by atoms with Crippen molar-refractivity contribution in [3.05, 3.63) is 38.9 Å². The first-order chi connectivity index (χ1) is 8.40. The maximum absolute atomic E-state index is 10.9. The van der Waals surface area contributed by atoms with E-state index in [1.807, 2.05) is 0 Å². The summed E-state index contributed by atoms with van der Waals surface area (Å²) < 4.78 is 0. The van der Waals surface area contributed by atoms with Crippen LogP contribution in [0.4, 0.5) is 5.69 Å². The Morgan fingerprint density at radius 1 is 1.44 bits per heavy atom. The first-order valence-electron chi connectivity index (χ1n) is 5.97. The molecule has 0 amide bonds. The number of nitrogens with zero attached hydrogens (tertiary/aromatic N) is 1. The van der Waals surface area contributed by atoms with Crippen LogP contribution >= 0.6 is 27.5 Å². The van der Waals surface area contributed by atoms with Crippen molar-refractivity contribution in [3.63, 3.8) is 0 Å². The van der Waals surface area contributed by atoms with Crippen molar-refractivity contribution in [2.75, 3.05) is 0 Å². The first-order valence-corrected chi connectivity index (χ1v) is 7.26. The molecule has 1 aromatic rings. The standard InChI is InChI=1S/C13H17BrClNO2/c1-9(2)7-11(14)5-3-10-4-6-12(15)8-13(10)16(17)18/h4,6,8-9,11H,3,5,7H2,1-2H3. The van der Waals surface area contributed by atoms with Crippen LogP contribution < -0.4 is 0 Å². The minimum Gasteiger partial charge on any atom is -0.258 e. The van der Waals surface area contributed by atoms with Crippen molar-refractivity contribution in [2.24, 2.45) is 5.92 Å².